The van der Waals surface area contributed by atoms with Crippen LogP contribution >= 0.6 is 0 Å². The summed E-state index contributed by atoms with van der Waals surface area (Å²) in [5.41, 5.74) is 1.25. The fraction of sp³-hybridized carbons (Fsp3) is 0.586. The van der Waals surface area contributed by atoms with Crippen LogP contribution in [0.4, 0.5) is 0 Å². The molecule has 11 heteroatoms. The number of phenolic OH excluding ortho intramolecular Hbond substituents is 1. The Hall–Kier alpha value is -2.80. The number of carbonyl (C=O) groups is 2. The number of benzene rings is 1. The van der Waals surface area contributed by atoms with Crippen molar-refractivity contribution < 1.29 is 54.1 Å². The number of phenols is 1. The van der Waals surface area contributed by atoms with Crippen LogP contribution in [0.25, 0.3) is 0 Å². The zero-order valence-electron chi connectivity index (χ0n) is 22.2. The lowest BCUT2D eigenvalue weighted by Gasteiger charge is -2.54. The Kier molecular flexibility index (Phi) is 8.06. The highest BCUT2D eigenvalue weighted by atomic mass is 16.7. The number of ether oxygens (including phenoxy) is 4. The number of esters is 2. The van der Waals surface area contributed by atoms with Gasteiger partial charge in [-0.2, -0.15) is 0 Å². The molecule has 5 N–H and O–H groups in total. The maximum atomic E-state index is 12.6. The van der Waals surface area contributed by atoms with E-state index in [1.807, 2.05) is 13.0 Å². The molecule has 218 valence electrons. The molecule has 4 aliphatic rings. The van der Waals surface area contributed by atoms with Gasteiger partial charge in [0.1, 0.15) is 42.9 Å². The molecular formula is C29H36O11. The molecule has 2 aliphatic carbocycles. The second-order valence-corrected chi connectivity index (χ2v) is 11.4. The summed E-state index contributed by atoms with van der Waals surface area (Å²) >= 11 is 0. The molecule has 0 aromatic heterocycles. The maximum absolute atomic E-state index is 12.6. The van der Waals surface area contributed by atoms with Crippen molar-refractivity contribution in [3.05, 3.63) is 53.6 Å². The molecule has 0 radical (unpaired) electrons. The van der Waals surface area contributed by atoms with Gasteiger partial charge in [-0.1, -0.05) is 31.7 Å². The highest BCUT2D eigenvalue weighted by Gasteiger charge is 2.59. The van der Waals surface area contributed by atoms with Crippen molar-refractivity contribution in [1.82, 2.24) is 0 Å². The third-order valence-electron chi connectivity index (χ3n) is 8.94. The predicted octanol–water partition coefficient (Wildman–Crippen LogP) is 0.507. The number of hydrogen-bond donors (Lipinski definition) is 5. The number of hydrogen-bond acceptors (Lipinski definition) is 11. The molecule has 0 amide bonds. The monoisotopic (exact) mass is 560 g/mol. The Morgan fingerprint density at radius 1 is 1.15 bits per heavy atom. The molecule has 2 aliphatic heterocycles. The minimum absolute atomic E-state index is 0.0167. The number of fused-ring (bicyclic) bond motifs is 3. The molecule has 10 atom stereocenters. The van der Waals surface area contributed by atoms with Gasteiger partial charge in [-0.05, 0) is 42.5 Å². The first-order chi connectivity index (χ1) is 19.0. The number of rotatable bonds is 7. The van der Waals surface area contributed by atoms with Gasteiger partial charge in [0.15, 0.2) is 6.29 Å². The van der Waals surface area contributed by atoms with Crippen molar-refractivity contribution in [3.8, 4) is 5.75 Å². The van der Waals surface area contributed by atoms with Gasteiger partial charge in [0, 0.05) is 22.8 Å². The molecule has 1 aromatic rings. The topological polar surface area (TPSA) is 172 Å². The summed E-state index contributed by atoms with van der Waals surface area (Å²) in [7, 11) is 0. The predicted molar refractivity (Wildman–Crippen MR) is 137 cm³/mol. The molecule has 5 rings (SSSR count). The van der Waals surface area contributed by atoms with Crippen LogP contribution in [0.2, 0.25) is 0 Å². The third kappa shape index (κ3) is 5.17. The van der Waals surface area contributed by atoms with E-state index < -0.39 is 66.9 Å². The fourth-order valence-electron chi connectivity index (χ4n) is 6.61. The second kappa shape index (κ2) is 11.2. The van der Waals surface area contributed by atoms with E-state index in [9.17, 15) is 35.1 Å². The minimum Gasteiger partial charge on any atom is -0.508 e. The molecule has 40 heavy (non-hydrogen) atoms. The molecule has 2 heterocycles. The van der Waals surface area contributed by atoms with Crippen LogP contribution in [0, 0.1) is 17.3 Å². The number of aliphatic hydroxyl groups is 4. The van der Waals surface area contributed by atoms with Crippen molar-refractivity contribution in [2.45, 2.75) is 75.5 Å². The van der Waals surface area contributed by atoms with E-state index in [1.54, 1.807) is 12.1 Å². The Labute approximate surface area is 231 Å². The molecule has 2 saturated heterocycles. The lowest BCUT2D eigenvalue weighted by atomic mass is 9.55. The average Bonchev–Trinajstić information content (AvgIpc) is 3.22. The van der Waals surface area contributed by atoms with E-state index in [0.717, 1.165) is 5.57 Å². The Morgan fingerprint density at radius 2 is 1.88 bits per heavy atom. The van der Waals surface area contributed by atoms with Crippen molar-refractivity contribution in [2.75, 3.05) is 13.2 Å². The summed E-state index contributed by atoms with van der Waals surface area (Å²) in [5.74, 6) is -1.40. The lowest BCUT2D eigenvalue weighted by molar-refractivity contribution is -0.323. The van der Waals surface area contributed by atoms with Gasteiger partial charge in [0.25, 0.3) is 0 Å². The third-order valence-corrected chi connectivity index (χ3v) is 8.94. The normalized spacial score (nSPS) is 39.1. The average molecular weight is 561 g/mol. The zero-order chi connectivity index (χ0) is 28.8. The van der Waals surface area contributed by atoms with Crippen molar-refractivity contribution in [1.29, 1.82) is 0 Å². The van der Waals surface area contributed by atoms with Crippen LogP contribution in [0.15, 0.2) is 48.1 Å². The van der Waals surface area contributed by atoms with Gasteiger partial charge >= 0.3 is 11.9 Å². The molecule has 0 spiro atoms. The van der Waals surface area contributed by atoms with Crippen molar-refractivity contribution in [3.63, 3.8) is 0 Å². The first kappa shape index (κ1) is 28.7. The smallest absolute Gasteiger partial charge is 0.334 e. The number of aromatic hydroxyl groups is 1. The SMILES string of the molecule is C=C1C(=O)OC2C1CCC1(C)C(OC3OC(CO)C(O)C(O)C3O)CC=C(COC(=O)Cc3ccc(O)cc3)C21. The van der Waals surface area contributed by atoms with Crippen LogP contribution in [0.5, 0.6) is 5.75 Å². The lowest BCUT2D eigenvalue weighted by Crippen LogP contribution is -2.61. The largest absolute Gasteiger partial charge is 0.508 e. The zero-order valence-corrected chi connectivity index (χ0v) is 22.2. The standard InChI is InChI=1S/C29H36O11/c1-14-18-9-10-29(2)20(39-28-25(35)24(34)23(33)19(12-30)38-28)8-5-16(22(29)26(18)40-27(14)36)13-37-21(32)11-15-3-6-17(31)7-4-15/h3-7,18-20,22-26,28,30-31,33-35H,1,8-13H2,2H3. The van der Waals surface area contributed by atoms with Crippen molar-refractivity contribution >= 4 is 11.9 Å². The first-order valence-electron chi connectivity index (χ1n) is 13.5. The Balaban J connectivity index is 1.36. The van der Waals surface area contributed by atoms with Gasteiger partial charge in [0.2, 0.25) is 0 Å². The Bertz CT molecular complexity index is 1160. The van der Waals surface area contributed by atoms with E-state index in [0.29, 0.717) is 30.4 Å². The van der Waals surface area contributed by atoms with E-state index in [4.69, 9.17) is 18.9 Å². The maximum Gasteiger partial charge on any atom is 0.334 e. The van der Waals surface area contributed by atoms with Gasteiger partial charge in [-0.15, -0.1) is 0 Å². The fourth-order valence-corrected chi connectivity index (χ4v) is 6.61. The molecule has 10 unspecified atom stereocenters. The molecule has 1 saturated carbocycles. The van der Waals surface area contributed by atoms with E-state index in [2.05, 4.69) is 6.58 Å². The molecule has 11 nitrogen and oxygen atoms in total. The van der Waals surface area contributed by atoms with Gasteiger partial charge in [-0.25, -0.2) is 4.79 Å². The van der Waals surface area contributed by atoms with Crippen LogP contribution in [0.1, 0.15) is 31.7 Å². The summed E-state index contributed by atoms with van der Waals surface area (Å²) in [6.07, 6.45) is -4.65. The van der Waals surface area contributed by atoms with Gasteiger partial charge < -0.3 is 44.5 Å². The molecular weight excluding hydrogens is 524 g/mol. The highest BCUT2D eigenvalue weighted by Crippen LogP contribution is 2.57. The summed E-state index contributed by atoms with van der Waals surface area (Å²) < 4.78 is 23.3. The van der Waals surface area contributed by atoms with E-state index in [-0.39, 0.29) is 30.6 Å². The van der Waals surface area contributed by atoms with Crippen LogP contribution in [0.3, 0.4) is 0 Å². The summed E-state index contributed by atoms with van der Waals surface area (Å²) in [5, 5.41) is 50.0. The number of carbonyl (C=O) groups excluding carboxylic acids is 2. The van der Waals surface area contributed by atoms with E-state index >= 15 is 0 Å². The van der Waals surface area contributed by atoms with Crippen molar-refractivity contribution in [2.24, 2.45) is 17.3 Å². The van der Waals surface area contributed by atoms with Gasteiger partial charge in [-0.3, -0.25) is 4.79 Å². The van der Waals surface area contributed by atoms with Gasteiger partial charge in [0.05, 0.1) is 19.1 Å². The molecule has 1 aromatic carbocycles. The second-order valence-electron chi connectivity index (χ2n) is 11.4. The molecule has 0 bridgehead atoms. The van der Waals surface area contributed by atoms with Crippen LogP contribution in [-0.4, -0.2) is 93.6 Å². The minimum atomic E-state index is -1.57. The quantitative estimate of drug-likeness (QED) is 0.179. The summed E-state index contributed by atoms with van der Waals surface area (Å²) in [4.78, 5) is 25.1. The Morgan fingerprint density at radius 3 is 2.58 bits per heavy atom. The first-order valence-corrected chi connectivity index (χ1v) is 13.5. The van der Waals surface area contributed by atoms with E-state index in [1.165, 1.54) is 12.1 Å². The summed E-state index contributed by atoms with van der Waals surface area (Å²) in [6.45, 7) is 5.33. The molecule has 3 fully saturated rings. The highest BCUT2D eigenvalue weighted by molar-refractivity contribution is 5.91. The number of aliphatic hydroxyl groups excluding tert-OH is 4. The summed E-state index contributed by atoms with van der Waals surface area (Å²) in [6, 6.07) is 6.28. The van der Waals surface area contributed by atoms with Crippen LogP contribution < -0.4 is 0 Å². The van der Waals surface area contributed by atoms with Crippen LogP contribution in [-0.2, 0) is 35.0 Å².